The Hall–Kier alpha value is -2.85. The molecule has 4 N–H and O–H groups in total. The van der Waals surface area contributed by atoms with Gasteiger partial charge in [0.1, 0.15) is 16.5 Å². The van der Waals surface area contributed by atoms with Crippen molar-refractivity contribution in [1.29, 1.82) is 0 Å². The van der Waals surface area contributed by atoms with Crippen molar-refractivity contribution in [3.63, 3.8) is 0 Å². The number of rotatable bonds is 13. The minimum atomic E-state index is -3.86. The van der Waals surface area contributed by atoms with Crippen LogP contribution in [0.1, 0.15) is 48.3 Å². The number of hydrogen-bond donors (Lipinski definition) is 3. The van der Waals surface area contributed by atoms with Gasteiger partial charge in [-0.05, 0) is 79.1 Å². The van der Waals surface area contributed by atoms with Crippen molar-refractivity contribution >= 4 is 10.0 Å². The minimum Gasteiger partial charge on any atom is -0.497 e. The zero-order valence-electron chi connectivity index (χ0n) is 21.8. The van der Waals surface area contributed by atoms with Gasteiger partial charge in [-0.2, -0.15) is 0 Å². The maximum absolute atomic E-state index is 13.8. The van der Waals surface area contributed by atoms with Crippen LogP contribution in [0.2, 0.25) is 0 Å². The highest BCUT2D eigenvalue weighted by Crippen LogP contribution is 2.36. The molecule has 7 nitrogen and oxygen atoms in total. The highest BCUT2D eigenvalue weighted by Gasteiger charge is 2.30. The maximum atomic E-state index is 13.8. The van der Waals surface area contributed by atoms with Crippen molar-refractivity contribution in [3.8, 4) is 5.75 Å². The van der Waals surface area contributed by atoms with Gasteiger partial charge in [0, 0.05) is 43.5 Å². The average molecular weight is 541 g/mol. The molecule has 0 fully saturated rings. The third-order valence-electron chi connectivity index (χ3n) is 7.20. The van der Waals surface area contributed by atoms with Crippen molar-refractivity contribution < 1.29 is 17.5 Å². The molecular weight excluding hydrogens is 503 g/mol. The number of methoxy groups -OCH3 is 1. The molecule has 0 aliphatic heterocycles. The monoisotopic (exact) mass is 540 g/mol. The zero-order valence-corrected chi connectivity index (χ0v) is 22.6. The molecule has 1 unspecified atom stereocenters. The molecule has 1 heterocycles. The van der Waals surface area contributed by atoms with Gasteiger partial charge in [-0.3, -0.25) is 4.98 Å². The van der Waals surface area contributed by atoms with Gasteiger partial charge < -0.3 is 15.8 Å². The standard InChI is InChI=1S/C29H37FN4O3S/c1-37-24-12-13-25-22(18-24)11-14-28(26(25)17-21-7-6-15-32-19-21)33-20-23(31)8-4-5-16-34-38(35,36)29-10-3-2-9-27(29)30/h2-3,6-7,9-10,12-13,15,18-19,23,26,28,33-34H,4-5,8,11,14,16-17,20,31H2,1H3/t23?,26-,28+/m1/s1. The smallest absolute Gasteiger partial charge is 0.243 e. The molecule has 1 aliphatic rings. The predicted octanol–water partition coefficient (Wildman–Crippen LogP) is 3.94. The predicted molar refractivity (Wildman–Crippen MR) is 147 cm³/mol. The molecule has 38 heavy (non-hydrogen) atoms. The number of aromatic nitrogens is 1. The summed E-state index contributed by atoms with van der Waals surface area (Å²) in [6.07, 6.45) is 8.77. The van der Waals surface area contributed by atoms with Gasteiger partial charge >= 0.3 is 0 Å². The maximum Gasteiger partial charge on any atom is 0.243 e. The van der Waals surface area contributed by atoms with Crippen LogP contribution in [0.25, 0.3) is 0 Å². The van der Waals surface area contributed by atoms with E-state index in [-0.39, 0.29) is 23.5 Å². The summed E-state index contributed by atoms with van der Waals surface area (Å²) < 4.78 is 46.4. The van der Waals surface area contributed by atoms with Crippen LogP contribution in [0, 0.1) is 5.82 Å². The van der Waals surface area contributed by atoms with Gasteiger partial charge in [-0.15, -0.1) is 0 Å². The average Bonchev–Trinajstić information content (AvgIpc) is 2.92. The number of fused-ring (bicyclic) bond motifs is 1. The fraction of sp³-hybridized carbons (Fsp3) is 0.414. The van der Waals surface area contributed by atoms with Gasteiger partial charge in [0.25, 0.3) is 0 Å². The van der Waals surface area contributed by atoms with Crippen LogP contribution >= 0.6 is 0 Å². The molecule has 9 heteroatoms. The van der Waals surface area contributed by atoms with Crippen LogP contribution in [-0.4, -0.2) is 45.7 Å². The molecule has 1 aliphatic carbocycles. The first-order valence-corrected chi connectivity index (χ1v) is 14.6. The molecule has 1 aromatic heterocycles. The number of aryl methyl sites for hydroxylation is 1. The second-order valence-corrected chi connectivity index (χ2v) is 11.6. The Morgan fingerprint density at radius 3 is 2.76 bits per heavy atom. The van der Waals surface area contributed by atoms with E-state index < -0.39 is 15.8 Å². The minimum absolute atomic E-state index is 0.0468. The first-order valence-electron chi connectivity index (χ1n) is 13.2. The molecule has 2 aromatic carbocycles. The van der Waals surface area contributed by atoms with Gasteiger partial charge in [0.05, 0.1) is 7.11 Å². The van der Waals surface area contributed by atoms with Crippen molar-refractivity contribution in [1.82, 2.24) is 15.0 Å². The van der Waals surface area contributed by atoms with Gasteiger partial charge in [-0.25, -0.2) is 17.5 Å². The van der Waals surface area contributed by atoms with Crippen molar-refractivity contribution in [3.05, 3.63) is 89.5 Å². The van der Waals surface area contributed by atoms with Crippen LogP contribution in [0.4, 0.5) is 4.39 Å². The Labute approximate surface area is 225 Å². The van der Waals surface area contributed by atoms with Crippen molar-refractivity contribution in [2.45, 2.75) is 61.4 Å². The molecule has 0 saturated heterocycles. The summed E-state index contributed by atoms with van der Waals surface area (Å²) in [6.45, 7) is 0.924. The summed E-state index contributed by atoms with van der Waals surface area (Å²) in [5.74, 6) is 0.432. The molecule has 0 bridgehead atoms. The Morgan fingerprint density at radius 2 is 2.00 bits per heavy atom. The van der Waals surface area contributed by atoms with E-state index in [0.29, 0.717) is 18.9 Å². The van der Waals surface area contributed by atoms with Crippen molar-refractivity contribution in [2.24, 2.45) is 5.73 Å². The molecule has 3 atom stereocenters. The number of sulfonamides is 1. The van der Waals surface area contributed by atoms with Gasteiger partial charge in [0.2, 0.25) is 10.0 Å². The van der Waals surface area contributed by atoms with Crippen LogP contribution in [0.15, 0.2) is 71.9 Å². The van der Waals surface area contributed by atoms with Crippen LogP contribution in [0.3, 0.4) is 0 Å². The highest BCUT2D eigenvalue weighted by atomic mass is 32.2. The zero-order chi connectivity index (χ0) is 27.0. The number of hydrogen-bond acceptors (Lipinski definition) is 6. The van der Waals surface area contributed by atoms with E-state index in [0.717, 1.165) is 43.9 Å². The number of unbranched alkanes of at least 4 members (excludes halogenated alkanes) is 1. The van der Waals surface area contributed by atoms with Crippen molar-refractivity contribution in [2.75, 3.05) is 20.2 Å². The van der Waals surface area contributed by atoms with E-state index in [1.807, 2.05) is 18.3 Å². The molecular formula is C29H37FN4O3S. The van der Waals surface area contributed by atoms with Gasteiger partial charge in [-0.1, -0.05) is 30.7 Å². The SMILES string of the molecule is COc1ccc2c(c1)CC[C@H](NCC(N)CCCCNS(=O)(=O)c1ccccc1F)[C@@H]2Cc1cccnc1. The number of nitrogens with two attached hydrogens (primary N) is 1. The third-order valence-corrected chi connectivity index (χ3v) is 8.69. The summed E-state index contributed by atoms with van der Waals surface area (Å²) in [4.78, 5) is 3.97. The number of halogens is 1. The second-order valence-electron chi connectivity index (χ2n) is 9.87. The van der Waals surface area contributed by atoms with E-state index in [2.05, 4.69) is 33.2 Å². The van der Waals surface area contributed by atoms with Crippen LogP contribution < -0.4 is 20.5 Å². The third kappa shape index (κ3) is 7.38. The summed E-state index contributed by atoms with van der Waals surface area (Å²) in [6, 6.07) is 16.1. The fourth-order valence-corrected chi connectivity index (χ4v) is 6.32. The summed E-state index contributed by atoms with van der Waals surface area (Å²) >= 11 is 0. The normalized spacial score (nSPS) is 18.1. The first kappa shape index (κ1) is 28.2. The molecule has 3 aromatic rings. The molecule has 0 saturated carbocycles. The topological polar surface area (TPSA) is 106 Å². The second kappa shape index (κ2) is 13.3. The largest absolute Gasteiger partial charge is 0.497 e. The number of pyridine rings is 1. The number of nitrogens with one attached hydrogen (secondary N) is 2. The lowest BCUT2D eigenvalue weighted by Crippen LogP contribution is -2.44. The van der Waals surface area contributed by atoms with E-state index in [4.69, 9.17) is 10.5 Å². The Morgan fingerprint density at radius 1 is 1.16 bits per heavy atom. The lowest BCUT2D eigenvalue weighted by atomic mass is 9.76. The Bertz CT molecular complexity index is 1290. The molecule has 204 valence electrons. The first-order chi connectivity index (χ1) is 18.4. The highest BCUT2D eigenvalue weighted by molar-refractivity contribution is 7.89. The molecule has 0 radical (unpaired) electrons. The Balaban J connectivity index is 1.27. The number of nitrogens with zero attached hydrogens (tertiary/aromatic N) is 1. The number of ether oxygens (including phenoxy) is 1. The van der Waals surface area contributed by atoms with E-state index in [9.17, 15) is 12.8 Å². The summed E-state index contributed by atoms with van der Waals surface area (Å²) in [7, 11) is -2.16. The van der Waals surface area contributed by atoms with E-state index >= 15 is 0 Å². The molecule has 0 spiro atoms. The quantitative estimate of drug-likeness (QED) is 0.284. The molecule has 4 rings (SSSR count). The number of benzene rings is 2. The van der Waals surface area contributed by atoms with Crippen LogP contribution in [-0.2, 0) is 22.9 Å². The van der Waals surface area contributed by atoms with Gasteiger partial charge in [0.15, 0.2) is 0 Å². The van der Waals surface area contributed by atoms with Crippen LogP contribution in [0.5, 0.6) is 5.75 Å². The Kier molecular flexibility index (Phi) is 9.85. The van der Waals surface area contributed by atoms with E-state index in [1.165, 1.54) is 34.9 Å². The van der Waals surface area contributed by atoms with E-state index in [1.54, 1.807) is 13.3 Å². The lowest BCUT2D eigenvalue weighted by Gasteiger charge is -2.35. The lowest BCUT2D eigenvalue weighted by molar-refractivity contribution is 0.365. The summed E-state index contributed by atoms with van der Waals surface area (Å²) in [5, 5.41) is 3.72. The fourth-order valence-electron chi connectivity index (χ4n) is 5.17. The summed E-state index contributed by atoms with van der Waals surface area (Å²) in [5.41, 5.74) is 10.3. The molecule has 0 amide bonds.